The molecule has 2 nitrogen and oxygen atoms in total. The van der Waals surface area contributed by atoms with Crippen LogP contribution in [0.2, 0.25) is 0 Å². The van der Waals surface area contributed by atoms with E-state index >= 15 is 0 Å². The third-order valence-corrected chi connectivity index (χ3v) is 6.16. The van der Waals surface area contributed by atoms with Crippen LogP contribution in [0.15, 0.2) is 0 Å². The number of ether oxygens (including phenoxy) is 1. The van der Waals surface area contributed by atoms with Gasteiger partial charge in [-0.3, -0.25) is 4.79 Å². The van der Waals surface area contributed by atoms with Crippen molar-refractivity contribution in [2.24, 2.45) is 41.4 Å². The van der Waals surface area contributed by atoms with E-state index in [0.717, 1.165) is 36.0 Å². The van der Waals surface area contributed by atoms with Crippen LogP contribution in [0.5, 0.6) is 0 Å². The molecule has 0 amide bonds. The monoisotopic (exact) mass is 1330 g/mol. The van der Waals surface area contributed by atoms with Crippen molar-refractivity contribution in [3.8, 4) is 0 Å². The van der Waals surface area contributed by atoms with Crippen molar-refractivity contribution in [1.29, 1.82) is 0 Å². The van der Waals surface area contributed by atoms with E-state index in [1.165, 1.54) is 19.3 Å². The van der Waals surface area contributed by atoms with Gasteiger partial charge in [0.1, 0.15) is 5.60 Å². The van der Waals surface area contributed by atoms with Gasteiger partial charge in [-0.05, 0) is 51.9 Å². The molecule has 6 heteroatoms. The van der Waals surface area contributed by atoms with E-state index in [4.69, 9.17) is 4.74 Å². The van der Waals surface area contributed by atoms with Crippen molar-refractivity contribution in [3.05, 3.63) is 6.42 Å². The summed E-state index contributed by atoms with van der Waals surface area (Å²) in [5, 5.41) is 0. The van der Waals surface area contributed by atoms with Crippen LogP contribution in [-0.4, -0.2) is 11.6 Å². The van der Waals surface area contributed by atoms with Crippen molar-refractivity contribution < 1.29 is 9.53 Å². The maximum absolute atomic E-state index is 12.4. The topological polar surface area (TPSA) is 26.3 Å². The Morgan fingerprint density at radius 3 is 2.09 bits per heavy atom. The summed E-state index contributed by atoms with van der Waals surface area (Å²) in [6.07, 6.45) is 7.94. The molecular weight excluding hydrogens is 1300 g/mol. The second kappa shape index (κ2) is 4.79. The van der Waals surface area contributed by atoms with Crippen LogP contribution >= 0.6 is 0 Å². The van der Waals surface area contributed by atoms with Gasteiger partial charge in [-0.1, -0.05) is 18.3 Å². The predicted molar refractivity (Wildman–Crippen MR) is 73.0 cm³/mol. The summed E-state index contributed by atoms with van der Waals surface area (Å²) >= 11 is 0. The van der Waals surface area contributed by atoms with Crippen LogP contribution in [-0.2, 0) is 9.53 Å². The SMILES string of the molecule is CC(C)(C)OC(=O)C1CC2[CH-]C1C1C3CCC(C3)C21.[Rf].[Rf].[Rf].[Rf]. The van der Waals surface area contributed by atoms with Gasteiger partial charge in [0.05, 0.1) is 0 Å². The summed E-state index contributed by atoms with van der Waals surface area (Å²) in [5.41, 5.74) is -0.340. The van der Waals surface area contributed by atoms with Crippen molar-refractivity contribution in [1.82, 2.24) is 0 Å². The Kier molecular flexibility index (Phi) is 3.84. The summed E-state index contributed by atoms with van der Waals surface area (Å²) in [5.74, 6) is 5.18. The fourth-order valence-electron chi connectivity index (χ4n) is 5.85. The zero-order valence-corrected chi connectivity index (χ0v) is 40.7. The van der Waals surface area contributed by atoms with Crippen LogP contribution in [0, 0.1) is 47.8 Å². The Bertz CT molecular complexity index is 423. The molecule has 0 aromatic heterocycles. The minimum atomic E-state index is -0.340. The minimum absolute atomic E-state index is 0. The van der Waals surface area contributed by atoms with Gasteiger partial charge in [-0.15, -0.1) is 0 Å². The number of carbonyl (C=O) groups excluding carboxylic acids is 1. The number of carbonyl (C=O) groups is 1. The molecule has 4 bridgehead atoms. The summed E-state index contributed by atoms with van der Waals surface area (Å²) in [6, 6.07) is 0. The van der Waals surface area contributed by atoms with Crippen molar-refractivity contribution >= 4 is 5.97 Å². The Balaban J connectivity index is 0.00000121. The van der Waals surface area contributed by atoms with Gasteiger partial charge in [0.15, 0.2) is 0 Å². The van der Waals surface area contributed by atoms with Crippen LogP contribution in [0.3, 0.4) is 0 Å². The van der Waals surface area contributed by atoms with E-state index in [2.05, 4.69) is 6.42 Å². The molecule has 114 valence electrons. The van der Waals surface area contributed by atoms with Crippen LogP contribution in [0.1, 0.15) is 46.5 Å². The van der Waals surface area contributed by atoms with Gasteiger partial charge >= 0.3 is 5.97 Å². The molecule has 0 heterocycles. The first-order chi connectivity index (χ1) is 8.94. The third kappa shape index (κ3) is 2.02. The number of rotatable bonds is 1. The summed E-state index contributed by atoms with van der Waals surface area (Å²) in [4.78, 5) is 12.4. The molecule has 4 aliphatic carbocycles. The van der Waals surface area contributed by atoms with E-state index in [0.29, 0.717) is 5.92 Å². The van der Waals surface area contributed by atoms with E-state index < -0.39 is 0 Å². The molecule has 0 radical (unpaired) electrons. The first-order valence-electron chi connectivity index (χ1n) is 8.02. The average Bonchev–Trinajstić information content (AvgIpc) is 3.04. The number of hydrogen-bond donors (Lipinski definition) is 0. The molecule has 0 aromatic rings. The van der Waals surface area contributed by atoms with E-state index in [1.54, 1.807) is 0 Å². The molecule has 7 unspecified atom stereocenters. The Hall–Kier alpha value is -4.53. The number of hydrogen-bond acceptors (Lipinski definition) is 2. The van der Waals surface area contributed by atoms with Gasteiger partial charge in [0.25, 0.3) is 0 Å². The molecule has 0 aliphatic heterocycles. The molecule has 0 aromatic carbocycles. The van der Waals surface area contributed by atoms with Gasteiger partial charge in [-0.2, -0.15) is 11.8 Å². The maximum atomic E-state index is 12.4. The molecule has 0 N–H and O–H groups in total. The molecule has 4 saturated carbocycles. The van der Waals surface area contributed by atoms with Crippen molar-refractivity contribution in [3.63, 3.8) is 0 Å². The fourth-order valence-corrected chi connectivity index (χ4v) is 5.85. The van der Waals surface area contributed by atoms with Crippen LogP contribution in [0.25, 0.3) is 0 Å². The van der Waals surface area contributed by atoms with E-state index in [-0.39, 0.29) is 17.5 Å². The predicted octanol–water partition coefficient (Wildman–Crippen LogP) is 3.46. The average molecular weight is 1330 g/mol. The Morgan fingerprint density at radius 1 is 0.957 bits per heavy atom. The first-order valence-corrected chi connectivity index (χ1v) is 8.02. The largest absolute Gasteiger partial charge is 0.460 e. The van der Waals surface area contributed by atoms with Gasteiger partial charge in [-0.25, -0.2) is 0 Å². The molecule has 0 spiro atoms. The van der Waals surface area contributed by atoms with Crippen molar-refractivity contribution in [2.45, 2.75) is 52.1 Å². The van der Waals surface area contributed by atoms with E-state index in [9.17, 15) is 4.79 Å². The summed E-state index contributed by atoms with van der Waals surface area (Å²) in [6.45, 7) is 5.92. The van der Waals surface area contributed by atoms with Crippen LogP contribution < -0.4 is 0 Å². The Labute approximate surface area is 116 Å². The maximum Gasteiger partial charge on any atom is 0.307 e. The molecule has 4 aliphatic rings. The minimum Gasteiger partial charge on any atom is -0.460 e. The van der Waals surface area contributed by atoms with E-state index in [1.807, 2.05) is 20.8 Å². The number of fused-ring (bicyclic) bond motifs is 9. The fraction of sp³-hybridized carbons (Fsp3) is 0.882. The molecular formula is C17H25O2Rf4-. The summed E-state index contributed by atoms with van der Waals surface area (Å²) < 4.78 is 5.64. The molecule has 4 fully saturated rings. The first kappa shape index (κ1) is 18.5. The molecule has 4 rings (SSSR count). The summed E-state index contributed by atoms with van der Waals surface area (Å²) in [7, 11) is 0. The van der Waals surface area contributed by atoms with Gasteiger partial charge in [0, 0.05) is 5.92 Å². The molecule has 23 heavy (non-hydrogen) atoms. The van der Waals surface area contributed by atoms with Gasteiger partial charge < -0.3 is 11.2 Å². The molecule has 7 atom stereocenters. The van der Waals surface area contributed by atoms with Crippen molar-refractivity contribution in [2.75, 3.05) is 0 Å². The number of esters is 1. The van der Waals surface area contributed by atoms with Gasteiger partial charge in [0.2, 0.25) is 0 Å². The third-order valence-electron chi connectivity index (χ3n) is 6.16. The van der Waals surface area contributed by atoms with Crippen LogP contribution in [0.4, 0.5) is 0 Å². The second-order valence-electron chi connectivity index (χ2n) is 8.30. The zero-order chi connectivity index (χ0) is 13.4. The Morgan fingerprint density at radius 2 is 1.52 bits per heavy atom. The zero-order valence-electron chi connectivity index (χ0n) is 15.1. The molecule has 0 saturated heterocycles. The standard InChI is InChI=1S/C17H25O2.4Rf/c1-17(2,3)19-16(18)13-8-11-7-12(13)15-10-5-4-9(6-10)14(11)15;;;;/h7,9-15H,4-6,8H2,1-3H3;;;;/q-1;;;;. The second-order valence-corrected chi connectivity index (χ2v) is 8.30. The normalized spacial score (nSPS) is 41.8. The smallest absolute Gasteiger partial charge is 0.307 e. The quantitative estimate of drug-likeness (QED) is 0.229.